The summed E-state index contributed by atoms with van der Waals surface area (Å²) in [5.41, 5.74) is 1.29. The van der Waals surface area contributed by atoms with E-state index in [2.05, 4.69) is 39.4 Å². The molecular formula is C15H20BrNO2. The van der Waals surface area contributed by atoms with Crippen LogP contribution in [0.15, 0.2) is 22.7 Å². The van der Waals surface area contributed by atoms with Gasteiger partial charge in [0.1, 0.15) is 5.75 Å². The zero-order valence-electron chi connectivity index (χ0n) is 11.2. The molecule has 0 amide bonds. The smallest absolute Gasteiger partial charge is 0.125 e. The third-order valence-electron chi connectivity index (χ3n) is 4.11. The Bertz CT molecular complexity index is 446. The van der Waals surface area contributed by atoms with E-state index >= 15 is 0 Å². The van der Waals surface area contributed by atoms with Gasteiger partial charge in [0, 0.05) is 29.2 Å². The summed E-state index contributed by atoms with van der Waals surface area (Å²) in [5, 5.41) is 3.76. The Kier molecular flexibility index (Phi) is 4.10. The molecule has 1 heterocycles. The predicted molar refractivity (Wildman–Crippen MR) is 78.6 cm³/mol. The largest absolute Gasteiger partial charge is 0.493 e. The lowest BCUT2D eigenvalue weighted by Gasteiger charge is -2.37. The molecule has 0 bridgehead atoms. The zero-order chi connectivity index (χ0) is 13.2. The summed E-state index contributed by atoms with van der Waals surface area (Å²) in [6.07, 6.45) is 4.94. The van der Waals surface area contributed by atoms with Crippen LogP contribution in [0.3, 0.4) is 0 Å². The first-order chi connectivity index (χ1) is 9.26. The molecule has 2 aliphatic rings. The van der Waals surface area contributed by atoms with Gasteiger partial charge in [-0.15, -0.1) is 0 Å². The van der Waals surface area contributed by atoms with E-state index in [0.717, 1.165) is 42.5 Å². The second-order valence-electron chi connectivity index (χ2n) is 5.42. The Morgan fingerprint density at radius 3 is 3.00 bits per heavy atom. The molecule has 1 atom stereocenters. The number of ether oxygens (including phenoxy) is 2. The van der Waals surface area contributed by atoms with Gasteiger partial charge in [-0.1, -0.05) is 22.0 Å². The molecule has 4 heteroatoms. The summed E-state index contributed by atoms with van der Waals surface area (Å²) in [4.78, 5) is 0. The number of fused-ring (bicyclic) bond motifs is 1. The highest BCUT2D eigenvalue weighted by atomic mass is 79.9. The second kappa shape index (κ2) is 5.81. The molecule has 0 aromatic heterocycles. The van der Waals surface area contributed by atoms with Gasteiger partial charge in [0.25, 0.3) is 0 Å². The highest BCUT2D eigenvalue weighted by Crippen LogP contribution is 2.35. The minimum atomic E-state index is 0.411. The Morgan fingerprint density at radius 1 is 1.37 bits per heavy atom. The summed E-state index contributed by atoms with van der Waals surface area (Å²) in [6.45, 7) is 0.812. The molecule has 3 nitrogen and oxygen atoms in total. The molecule has 0 saturated heterocycles. The molecule has 1 saturated carbocycles. The maximum atomic E-state index is 5.84. The lowest BCUT2D eigenvalue weighted by molar-refractivity contribution is 0.0138. The van der Waals surface area contributed by atoms with Crippen molar-refractivity contribution in [3.05, 3.63) is 28.2 Å². The second-order valence-corrected chi connectivity index (χ2v) is 6.33. The number of nitrogens with one attached hydrogen (secondary N) is 1. The van der Waals surface area contributed by atoms with E-state index in [1.807, 2.05) is 0 Å². The van der Waals surface area contributed by atoms with Gasteiger partial charge >= 0.3 is 0 Å². The van der Waals surface area contributed by atoms with E-state index in [4.69, 9.17) is 9.47 Å². The van der Waals surface area contributed by atoms with Crippen molar-refractivity contribution in [2.24, 2.45) is 0 Å². The van der Waals surface area contributed by atoms with Crippen LogP contribution in [0.5, 0.6) is 5.75 Å². The first-order valence-corrected chi connectivity index (χ1v) is 7.76. The first kappa shape index (κ1) is 13.4. The van der Waals surface area contributed by atoms with E-state index in [-0.39, 0.29) is 0 Å². The molecule has 1 fully saturated rings. The van der Waals surface area contributed by atoms with Crippen molar-refractivity contribution in [1.82, 2.24) is 5.32 Å². The zero-order valence-corrected chi connectivity index (χ0v) is 12.8. The molecular weight excluding hydrogens is 306 g/mol. The third-order valence-corrected chi connectivity index (χ3v) is 4.60. The van der Waals surface area contributed by atoms with Crippen LogP contribution in [0.2, 0.25) is 0 Å². The number of hydrogen-bond acceptors (Lipinski definition) is 3. The van der Waals surface area contributed by atoms with E-state index < -0.39 is 0 Å². The molecule has 19 heavy (non-hydrogen) atoms. The first-order valence-electron chi connectivity index (χ1n) is 6.97. The summed E-state index contributed by atoms with van der Waals surface area (Å²) < 4.78 is 12.3. The molecule has 0 radical (unpaired) electrons. The average molecular weight is 326 g/mol. The Labute approximate surface area is 122 Å². The standard InChI is InChI=1S/C15H20BrNO2/c1-18-12-8-11(9-12)17-14-3-2-6-19-15-7-10(16)4-5-13(14)15/h4-5,7,11-12,14,17H,2-3,6,8-9H2,1H3. The van der Waals surface area contributed by atoms with Gasteiger partial charge in [0.2, 0.25) is 0 Å². The number of methoxy groups -OCH3 is 1. The van der Waals surface area contributed by atoms with Crippen molar-refractivity contribution in [1.29, 1.82) is 0 Å². The van der Waals surface area contributed by atoms with Crippen LogP contribution in [-0.2, 0) is 4.74 Å². The Morgan fingerprint density at radius 2 is 2.21 bits per heavy atom. The summed E-state index contributed by atoms with van der Waals surface area (Å²) >= 11 is 3.51. The summed E-state index contributed by atoms with van der Waals surface area (Å²) in [5.74, 6) is 1.02. The fourth-order valence-corrected chi connectivity index (χ4v) is 3.24. The quantitative estimate of drug-likeness (QED) is 0.923. The van der Waals surface area contributed by atoms with E-state index in [9.17, 15) is 0 Å². The third kappa shape index (κ3) is 2.96. The number of benzene rings is 1. The number of rotatable bonds is 3. The number of halogens is 1. The highest BCUT2D eigenvalue weighted by molar-refractivity contribution is 9.10. The average Bonchev–Trinajstić information content (AvgIpc) is 2.55. The fraction of sp³-hybridized carbons (Fsp3) is 0.600. The molecule has 1 aliphatic heterocycles. The van der Waals surface area contributed by atoms with Gasteiger partial charge in [-0.3, -0.25) is 0 Å². The lowest BCUT2D eigenvalue weighted by atomic mass is 9.87. The van der Waals surface area contributed by atoms with Crippen molar-refractivity contribution in [2.75, 3.05) is 13.7 Å². The normalized spacial score (nSPS) is 29.9. The van der Waals surface area contributed by atoms with Crippen molar-refractivity contribution in [2.45, 2.75) is 43.9 Å². The molecule has 1 aliphatic carbocycles. The van der Waals surface area contributed by atoms with E-state index in [1.165, 1.54) is 5.56 Å². The van der Waals surface area contributed by atoms with Crippen molar-refractivity contribution >= 4 is 15.9 Å². The monoisotopic (exact) mass is 325 g/mol. The minimum Gasteiger partial charge on any atom is -0.493 e. The Balaban J connectivity index is 1.72. The number of hydrogen-bond donors (Lipinski definition) is 1. The molecule has 1 aromatic carbocycles. The van der Waals surface area contributed by atoms with Crippen LogP contribution < -0.4 is 10.1 Å². The summed E-state index contributed by atoms with van der Waals surface area (Å²) in [7, 11) is 1.80. The highest BCUT2D eigenvalue weighted by Gasteiger charge is 2.32. The minimum absolute atomic E-state index is 0.411. The maximum Gasteiger partial charge on any atom is 0.125 e. The summed E-state index contributed by atoms with van der Waals surface area (Å²) in [6, 6.07) is 7.35. The lowest BCUT2D eigenvalue weighted by Crippen LogP contribution is -2.46. The molecule has 1 unspecified atom stereocenters. The van der Waals surface area contributed by atoms with Crippen LogP contribution in [0.25, 0.3) is 0 Å². The van der Waals surface area contributed by atoms with Crippen LogP contribution in [0, 0.1) is 0 Å². The Hall–Kier alpha value is -0.580. The van der Waals surface area contributed by atoms with Gasteiger partial charge in [-0.05, 0) is 37.8 Å². The predicted octanol–water partition coefficient (Wildman–Crippen LogP) is 3.43. The van der Waals surface area contributed by atoms with Crippen molar-refractivity contribution < 1.29 is 9.47 Å². The molecule has 1 aromatic rings. The van der Waals surface area contributed by atoms with Crippen LogP contribution in [-0.4, -0.2) is 25.9 Å². The van der Waals surface area contributed by atoms with Gasteiger partial charge < -0.3 is 14.8 Å². The van der Waals surface area contributed by atoms with E-state index in [0.29, 0.717) is 18.2 Å². The van der Waals surface area contributed by atoms with Crippen LogP contribution in [0.1, 0.15) is 37.3 Å². The van der Waals surface area contributed by atoms with Gasteiger partial charge in [0.05, 0.1) is 12.7 Å². The van der Waals surface area contributed by atoms with E-state index in [1.54, 1.807) is 7.11 Å². The van der Waals surface area contributed by atoms with Gasteiger partial charge in [0.15, 0.2) is 0 Å². The van der Waals surface area contributed by atoms with Gasteiger partial charge in [-0.25, -0.2) is 0 Å². The molecule has 3 rings (SSSR count). The molecule has 104 valence electrons. The van der Waals surface area contributed by atoms with Crippen LogP contribution in [0.4, 0.5) is 0 Å². The van der Waals surface area contributed by atoms with Gasteiger partial charge in [-0.2, -0.15) is 0 Å². The molecule has 1 N–H and O–H groups in total. The van der Waals surface area contributed by atoms with Crippen LogP contribution >= 0.6 is 15.9 Å². The molecule has 0 spiro atoms. The SMILES string of the molecule is COC1CC(NC2CCCOc3cc(Br)ccc32)C1. The topological polar surface area (TPSA) is 30.5 Å². The fourth-order valence-electron chi connectivity index (χ4n) is 2.90. The maximum absolute atomic E-state index is 5.84. The van der Waals surface area contributed by atoms with Crippen molar-refractivity contribution in [3.8, 4) is 5.75 Å². The van der Waals surface area contributed by atoms with Crippen molar-refractivity contribution in [3.63, 3.8) is 0 Å².